The average molecular weight is 434 g/mol. The van der Waals surface area contributed by atoms with Crippen LogP contribution in [0.5, 0.6) is 0 Å². The molecule has 2 fully saturated rings. The summed E-state index contributed by atoms with van der Waals surface area (Å²) in [4.78, 5) is 14.7. The lowest BCUT2D eigenvalue weighted by Gasteiger charge is -2.40. The van der Waals surface area contributed by atoms with Crippen LogP contribution in [0.3, 0.4) is 0 Å². The number of hydrogen-bond acceptors (Lipinski definition) is 7. The quantitative estimate of drug-likeness (QED) is 0.483. The lowest BCUT2D eigenvalue weighted by atomic mass is 10.0. The molecule has 0 atom stereocenters. The summed E-state index contributed by atoms with van der Waals surface area (Å²) in [5.74, 6) is 0.888. The van der Waals surface area contributed by atoms with Crippen molar-refractivity contribution in [3.8, 4) is 11.1 Å². The maximum Gasteiger partial charge on any atom is 0.188 e. The molecule has 0 aliphatic carbocycles. The van der Waals surface area contributed by atoms with Gasteiger partial charge < -0.3 is 9.80 Å². The summed E-state index contributed by atoms with van der Waals surface area (Å²) in [6, 6.07) is 7.06. The second-order valence-corrected chi connectivity index (χ2v) is 9.76. The number of anilines is 1. The Hall–Kier alpha value is -2.58. The molecule has 4 aromatic rings. The Morgan fingerprint density at radius 2 is 1.81 bits per heavy atom. The Morgan fingerprint density at radius 1 is 0.968 bits per heavy atom. The van der Waals surface area contributed by atoms with Crippen LogP contribution in [-0.4, -0.2) is 61.7 Å². The van der Waals surface area contributed by atoms with Gasteiger partial charge in [-0.1, -0.05) is 17.8 Å². The fraction of sp³-hybridized carbons (Fsp3) is 0.478. The summed E-state index contributed by atoms with van der Waals surface area (Å²) >= 11 is 1.77. The molecule has 0 saturated carbocycles. The zero-order valence-corrected chi connectivity index (χ0v) is 18.7. The fourth-order valence-electron chi connectivity index (χ4n) is 4.98. The number of pyridine rings is 2. The molecule has 6 rings (SSSR count). The number of aryl methyl sites for hydroxylation is 1. The molecule has 31 heavy (non-hydrogen) atoms. The van der Waals surface area contributed by atoms with Crippen molar-refractivity contribution >= 4 is 32.5 Å². The molecule has 6 heterocycles. The summed E-state index contributed by atoms with van der Waals surface area (Å²) < 4.78 is 3.16. The van der Waals surface area contributed by atoms with Crippen LogP contribution >= 0.6 is 11.3 Å². The second-order valence-electron chi connectivity index (χ2n) is 8.75. The van der Waals surface area contributed by atoms with Gasteiger partial charge in [-0.3, -0.25) is 4.40 Å². The summed E-state index contributed by atoms with van der Waals surface area (Å²) in [6.07, 6.45) is 10.6. The van der Waals surface area contributed by atoms with Crippen LogP contribution < -0.4 is 4.90 Å². The zero-order chi connectivity index (χ0) is 20.8. The first-order valence-corrected chi connectivity index (χ1v) is 12.1. The van der Waals surface area contributed by atoms with Gasteiger partial charge in [0.05, 0.1) is 4.70 Å². The maximum absolute atomic E-state index is 4.86. The van der Waals surface area contributed by atoms with Crippen molar-refractivity contribution in [2.24, 2.45) is 0 Å². The normalized spacial score (nSPS) is 18.9. The van der Waals surface area contributed by atoms with Crippen molar-refractivity contribution in [1.29, 1.82) is 0 Å². The number of likely N-dealkylation sites (tertiary alicyclic amines) is 1. The molecular weight excluding hydrogens is 406 g/mol. The standard InChI is InChI=1S/C23H27N7S/c1-16-26-27-21-6-5-17(15-30(16)21)18-13-20-22(24-14-18)25-23(31-20)29-11-7-19(8-12-29)28-9-3-2-4-10-28/h5-6,13-15,19H,2-4,7-12H2,1H3. The number of aromatic nitrogens is 5. The van der Waals surface area contributed by atoms with Crippen molar-refractivity contribution in [2.75, 3.05) is 31.1 Å². The summed E-state index contributed by atoms with van der Waals surface area (Å²) in [6.45, 7) is 6.74. The van der Waals surface area contributed by atoms with Crippen LogP contribution in [0.2, 0.25) is 0 Å². The average Bonchev–Trinajstić information content (AvgIpc) is 3.42. The minimum atomic E-state index is 0.756. The van der Waals surface area contributed by atoms with E-state index >= 15 is 0 Å². The lowest BCUT2D eigenvalue weighted by Crippen LogP contribution is -2.46. The Bertz CT molecular complexity index is 1220. The van der Waals surface area contributed by atoms with Gasteiger partial charge in [0.2, 0.25) is 0 Å². The largest absolute Gasteiger partial charge is 0.348 e. The predicted octanol–water partition coefficient (Wildman–Crippen LogP) is 4.16. The smallest absolute Gasteiger partial charge is 0.188 e. The fourth-order valence-corrected chi connectivity index (χ4v) is 6.00. The number of hydrogen-bond donors (Lipinski definition) is 0. The molecule has 7 nitrogen and oxygen atoms in total. The van der Waals surface area contributed by atoms with E-state index in [1.54, 1.807) is 11.3 Å². The molecule has 8 heteroatoms. The van der Waals surface area contributed by atoms with Crippen molar-refractivity contribution in [3.63, 3.8) is 0 Å². The van der Waals surface area contributed by atoms with Crippen molar-refractivity contribution in [2.45, 2.75) is 45.1 Å². The number of thiazole rings is 1. The van der Waals surface area contributed by atoms with Gasteiger partial charge in [-0.2, -0.15) is 4.98 Å². The first-order valence-electron chi connectivity index (χ1n) is 11.3. The molecule has 0 unspecified atom stereocenters. The Morgan fingerprint density at radius 3 is 2.65 bits per heavy atom. The van der Waals surface area contributed by atoms with Gasteiger partial charge in [0.1, 0.15) is 5.82 Å². The van der Waals surface area contributed by atoms with E-state index in [-0.39, 0.29) is 0 Å². The van der Waals surface area contributed by atoms with E-state index in [1.165, 1.54) is 45.2 Å². The van der Waals surface area contributed by atoms with Crippen molar-refractivity contribution in [3.05, 3.63) is 36.4 Å². The van der Waals surface area contributed by atoms with E-state index in [0.29, 0.717) is 0 Å². The molecule has 2 aliphatic rings. The van der Waals surface area contributed by atoms with Gasteiger partial charge in [0.25, 0.3) is 0 Å². The molecule has 2 aliphatic heterocycles. The van der Waals surface area contributed by atoms with Gasteiger partial charge in [-0.15, -0.1) is 10.2 Å². The van der Waals surface area contributed by atoms with Crippen LogP contribution in [0.4, 0.5) is 5.13 Å². The Kier molecular flexibility index (Phi) is 4.84. The molecule has 0 aromatic carbocycles. The molecule has 4 aromatic heterocycles. The minimum absolute atomic E-state index is 0.756. The summed E-state index contributed by atoms with van der Waals surface area (Å²) in [7, 11) is 0. The minimum Gasteiger partial charge on any atom is -0.348 e. The number of piperidine rings is 2. The molecular formula is C23H27N7S. The highest BCUT2D eigenvalue weighted by Gasteiger charge is 2.27. The van der Waals surface area contributed by atoms with Gasteiger partial charge in [0.15, 0.2) is 16.4 Å². The van der Waals surface area contributed by atoms with Crippen LogP contribution in [0.25, 0.3) is 27.1 Å². The van der Waals surface area contributed by atoms with E-state index < -0.39 is 0 Å². The number of rotatable bonds is 3. The van der Waals surface area contributed by atoms with E-state index in [4.69, 9.17) is 4.98 Å². The highest BCUT2D eigenvalue weighted by molar-refractivity contribution is 7.22. The van der Waals surface area contributed by atoms with E-state index in [9.17, 15) is 0 Å². The topological polar surface area (TPSA) is 62.5 Å². The van der Waals surface area contributed by atoms with Crippen LogP contribution in [0.1, 0.15) is 37.9 Å². The molecule has 160 valence electrons. The Labute approximate surface area is 185 Å². The third-order valence-electron chi connectivity index (χ3n) is 6.78. The first kappa shape index (κ1) is 19.1. The van der Waals surface area contributed by atoms with E-state index in [1.807, 2.05) is 23.6 Å². The third-order valence-corrected chi connectivity index (χ3v) is 7.84. The third kappa shape index (κ3) is 3.57. The highest BCUT2D eigenvalue weighted by Crippen LogP contribution is 2.33. The molecule has 2 saturated heterocycles. The van der Waals surface area contributed by atoms with Crippen molar-refractivity contribution < 1.29 is 0 Å². The predicted molar refractivity (Wildman–Crippen MR) is 125 cm³/mol. The highest BCUT2D eigenvalue weighted by atomic mass is 32.1. The van der Waals surface area contributed by atoms with Gasteiger partial charge in [0, 0.05) is 42.7 Å². The zero-order valence-electron chi connectivity index (χ0n) is 17.9. The Balaban J connectivity index is 1.22. The molecule has 0 radical (unpaired) electrons. The monoisotopic (exact) mass is 433 g/mol. The number of fused-ring (bicyclic) bond motifs is 2. The maximum atomic E-state index is 4.86. The molecule has 0 spiro atoms. The second kappa shape index (κ2) is 7.84. The molecule has 0 N–H and O–H groups in total. The SMILES string of the molecule is Cc1nnc2ccc(-c3cnc4nc(N5CCC(N6CCCCC6)CC5)sc4c3)cn12. The van der Waals surface area contributed by atoms with E-state index in [0.717, 1.165) is 57.2 Å². The van der Waals surface area contributed by atoms with Gasteiger partial charge in [-0.25, -0.2) is 4.98 Å². The van der Waals surface area contributed by atoms with Crippen LogP contribution in [0, 0.1) is 6.92 Å². The molecule has 0 bridgehead atoms. The van der Waals surface area contributed by atoms with Crippen LogP contribution in [-0.2, 0) is 0 Å². The van der Waals surface area contributed by atoms with Gasteiger partial charge in [-0.05, 0) is 63.9 Å². The van der Waals surface area contributed by atoms with Gasteiger partial charge >= 0.3 is 0 Å². The molecule has 0 amide bonds. The number of nitrogens with zero attached hydrogens (tertiary/aromatic N) is 7. The van der Waals surface area contributed by atoms with Crippen molar-refractivity contribution in [1.82, 2.24) is 29.5 Å². The summed E-state index contributed by atoms with van der Waals surface area (Å²) in [5.41, 5.74) is 3.93. The van der Waals surface area contributed by atoms with E-state index in [2.05, 4.69) is 43.3 Å². The lowest BCUT2D eigenvalue weighted by molar-refractivity contribution is 0.141. The summed E-state index contributed by atoms with van der Waals surface area (Å²) in [5, 5.41) is 9.44. The first-order chi connectivity index (χ1) is 15.2. The van der Waals surface area contributed by atoms with Crippen LogP contribution in [0.15, 0.2) is 30.6 Å².